The lowest BCUT2D eigenvalue weighted by molar-refractivity contribution is -0.141. The van der Waals surface area contributed by atoms with Crippen LogP contribution in [-0.2, 0) is 9.59 Å². The molecule has 0 fully saturated rings. The number of nitrogens with one attached hydrogen (secondary N) is 1. The Hall–Kier alpha value is -1.32. The summed E-state index contributed by atoms with van der Waals surface area (Å²) in [6.07, 6.45) is 7.52. The van der Waals surface area contributed by atoms with E-state index in [0.29, 0.717) is 6.42 Å². The number of carboxylic acid groups (broad SMARTS) is 1. The molecule has 17 heavy (non-hydrogen) atoms. The Kier molecular flexibility index (Phi) is 9.11. The molecule has 0 spiro atoms. The zero-order chi connectivity index (χ0) is 13.1. The molecule has 0 aromatic carbocycles. The van der Waals surface area contributed by atoms with Crippen LogP contribution in [0, 0.1) is 0 Å². The Morgan fingerprint density at radius 2 is 1.94 bits per heavy atom. The van der Waals surface area contributed by atoms with Crippen molar-refractivity contribution in [2.24, 2.45) is 0 Å². The number of carbonyl (C=O) groups excluding carboxylic acids is 1. The number of hydrogen-bond acceptors (Lipinski definition) is 2. The first kappa shape index (κ1) is 15.7. The van der Waals surface area contributed by atoms with Gasteiger partial charge in [0.25, 0.3) is 0 Å². The average Bonchev–Trinajstić information content (AvgIpc) is 2.28. The molecule has 0 saturated carbocycles. The third kappa shape index (κ3) is 8.48. The molecule has 0 aliphatic carbocycles. The number of aliphatic carboxylic acids is 1. The maximum Gasteiger partial charge on any atom is 0.326 e. The summed E-state index contributed by atoms with van der Waals surface area (Å²) in [5.41, 5.74) is 0. The summed E-state index contributed by atoms with van der Waals surface area (Å²) in [5, 5.41) is 11.3. The molecule has 0 aliphatic heterocycles. The van der Waals surface area contributed by atoms with Gasteiger partial charge in [0.15, 0.2) is 0 Å². The molecule has 0 saturated heterocycles. The fraction of sp³-hybridized carbons (Fsp3) is 0.692. The van der Waals surface area contributed by atoms with Crippen LogP contribution < -0.4 is 5.32 Å². The maximum atomic E-state index is 11.5. The van der Waals surface area contributed by atoms with Crippen molar-refractivity contribution in [1.82, 2.24) is 5.32 Å². The molecule has 0 rings (SSSR count). The van der Waals surface area contributed by atoms with Crippen molar-refractivity contribution >= 4 is 11.9 Å². The van der Waals surface area contributed by atoms with Crippen molar-refractivity contribution in [2.45, 2.75) is 57.9 Å². The predicted octanol–water partition coefficient (Wildman–Crippen LogP) is 2.49. The fourth-order valence-corrected chi connectivity index (χ4v) is 1.54. The van der Waals surface area contributed by atoms with Gasteiger partial charge in [0.1, 0.15) is 6.04 Å². The molecule has 2 N–H and O–H groups in total. The van der Waals surface area contributed by atoms with Crippen LogP contribution in [0.25, 0.3) is 0 Å². The standard InChI is InChI=1S/C13H23NO3/c1-3-5-6-7-8-10-12(15)14-11(9-4-2)13(16)17/h4,11H,2-3,5-10H2,1H3,(H,14,15)(H,16,17). The lowest BCUT2D eigenvalue weighted by Gasteiger charge is -2.12. The van der Waals surface area contributed by atoms with Crippen molar-refractivity contribution in [1.29, 1.82) is 0 Å². The predicted molar refractivity (Wildman–Crippen MR) is 67.8 cm³/mol. The second-order valence-electron chi connectivity index (χ2n) is 4.15. The summed E-state index contributed by atoms with van der Waals surface area (Å²) in [7, 11) is 0. The molecular weight excluding hydrogens is 218 g/mol. The van der Waals surface area contributed by atoms with Crippen molar-refractivity contribution in [3.63, 3.8) is 0 Å². The second-order valence-corrected chi connectivity index (χ2v) is 4.15. The van der Waals surface area contributed by atoms with Gasteiger partial charge in [0, 0.05) is 6.42 Å². The molecule has 1 unspecified atom stereocenters. The normalized spacial score (nSPS) is 11.8. The minimum absolute atomic E-state index is 0.184. The summed E-state index contributed by atoms with van der Waals surface area (Å²) in [6.45, 7) is 5.61. The minimum atomic E-state index is -1.01. The van der Waals surface area contributed by atoms with Crippen LogP contribution in [0.5, 0.6) is 0 Å². The first-order valence-electron chi connectivity index (χ1n) is 6.24. The first-order valence-corrected chi connectivity index (χ1v) is 6.24. The average molecular weight is 241 g/mol. The van der Waals surface area contributed by atoms with Crippen LogP contribution in [0.4, 0.5) is 0 Å². The smallest absolute Gasteiger partial charge is 0.326 e. The number of carbonyl (C=O) groups is 2. The van der Waals surface area contributed by atoms with Gasteiger partial charge in [-0.15, -0.1) is 6.58 Å². The van der Waals surface area contributed by atoms with E-state index in [1.807, 2.05) is 0 Å². The molecule has 1 atom stereocenters. The van der Waals surface area contributed by atoms with Gasteiger partial charge in [-0.25, -0.2) is 4.79 Å². The SMILES string of the molecule is C=CCC(NC(=O)CCCCCCC)C(=O)O. The van der Waals surface area contributed by atoms with E-state index in [0.717, 1.165) is 19.3 Å². The highest BCUT2D eigenvalue weighted by Crippen LogP contribution is 2.05. The van der Waals surface area contributed by atoms with Crippen LogP contribution in [0.3, 0.4) is 0 Å². The molecule has 0 aliphatic rings. The molecule has 1 amide bonds. The van der Waals surface area contributed by atoms with E-state index in [9.17, 15) is 9.59 Å². The van der Waals surface area contributed by atoms with Crippen LogP contribution in [0.15, 0.2) is 12.7 Å². The Morgan fingerprint density at radius 3 is 2.47 bits per heavy atom. The van der Waals surface area contributed by atoms with Gasteiger partial charge in [-0.1, -0.05) is 38.7 Å². The van der Waals surface area contributed by atoms with Crippen molar-refractivity contribution in [2.75, 3.05) is 0 Å². The van der Waals surface area contributed by atoms with Crippen molar-refractivity contribution in [3.05, 3.63) is 12.7 Å². The summed E-state index contributed by atoms with van der Waals surface area (Å²) < 4.78 is 0. The fourth-order valence-electron chi connectivity index (χ4n) is 1.54. The quantitative estimate of drug-likeness (QED) is 0.456. The number of rotatable bonds is 10. The molecule has 98 valence electrons. The Labute approximate surface area is 103 Å². The van der Waals surface area contributed by atoms with Gasteiger partial charge < -0.3 is 10.4 Å². The van der Waals surface area contributed by atoms with Gasteiger partial charge >= 0.3 is 5.97 Å². The van der Waals surface area contributed by atoms with Gasteiger partial charge in [0.05, 0.1) is 0 Å². The van der Waals surface area contributed by atoms with Gasteiger partial charge in [-0.2, -0.15) is 0 Å². The van der Waals surface area contributed by atoms with Crippen molar-refractivity contribution < 1.29 is 14.7 Å². The lowest BCUT2D eigenvalue weighted by Crippen LogP contribution is -2.40. The molecular formula is C13H23NO3. The van der Waals surface area contributed by atoms with Crippen LogP contribution in [0.2, 0.25) is 0 Å². The largest absolute Gasteiger partial charge is 0.480 e. The maximum absolute atomic E-state index is 11.5. The van der Waals surface area contributed by atoms with E-state index in [1.54, 1.807) is 0 Å². The molecule has 0 bridgehead atoms. The number of hydrogen-bond donors (Lipinski definition) is 2. The molecule has 4 nitrogen and oxygen atoms in total. The molecule has 0 radical (unpaired) electrons. The zero-order valence-electron chi connectivity index (χ0n) is 10.6. The number of unbranched alkanes of at least 4 members (excludes halogenated alkanes) is 4. The number of amides is 1. The van der Waals surface area contributed by atoms with Gasteiger partial charge in [-0.3, -0.25) is 4.79 Å². The highest BCUT2D eigenvalue weighted by molar-refractivity contribution is 5.83. The summed E-state index contributed by atoms with van der Waals surface area (Å²) in [5.74, 6) is -1.19. The summed E-state index contributed by atoms with van der Waals surface area (Å²) in [6, 6.07) is -0.837. The molecule has 0 aromatic rings. The van der Waals surface area contributed by atoms with Gasteiger partial charge in [-0.05, 0) is 12.8 Å². The van der Waals surface area contributed by atoms with Crippen molar-refractivity contribution in [3.8, 4) is 0 Å². The van der Waals surface area contributed by atoms with E-state index < -0.39 is 12.0 Å². The second kappa shape index (κ2) is 9.87. The highest BCUT2D eigenvalue weighted by atomic mass is 16.4. The monoisotopic (exact) mass is 241 g/mol. The third-order valence-corrected chi connectivity index (χ3v) is 2.54. The van der Waals surface area contributed by atoms with Crippen LogP contribution in [-0.4, -0.2) is 23.0 Å². The van der Waals surface area contributed by atoms with E-state index in [1.165, 1.54) is 18.9 Å². The Balaban J connectivity index is 3.75. The summed E-state index contributed by atoms with van der Waals surface area (Å²) in [4.78, 5) is 22.2. The zero-order valence-corrected chi connectivity index (χ0v) is 10.6. The highest BCUT2D eigenvalue weighted by Gasteiger charge is 2.17. The van der Waals surface area contributed by atoms with Gasteiger partial charge in [0.2, 0.25) is 5.91 Å². The lowest BCUT2D eigenvalue weighted by atomic mass is 10.1. The van der Waals surface area contributed by atoms with E-state index in [2.05, 4.69) is 18.8 Å². The molecule has 4 heteroatoms. The third-order valence-electron chi connectivity index (χ3n) is 2.54. The van der Waals surface area contributed by atoms with E-state index in [4.69, 9.17) is 5.11 Å². The number of carboxylic acids is 1. The molecule has 0 aromatic heterocycles. The summed E-state index contributed by atoms with van der Waals surface area (Å²) >= 11 is 0. The molecule has 0 heterocycles. The van der Waals surface area contributed by atoms with E-state index in [-0.39, 0.29) is 12.3 Å². The minimum Gasteiger partial charge on any atom is -0.480 e. The van der Waals surface area contributed by atoms with E-state index >= 15 is 0 Å². The Morgan fingerprint density at radius 1 is 1.29 bits per heavy atom. The Bertz CT molecular complexity index is 251. The first-order chi connectivity index (χ1) is 8.11. The topological polar surface area (TPSA) is 66.4 Å². The van der Waals surface area contributed by atoms with Crippen LogP contribution >= 0.6 is 0 Å². The van der Waals surface area contributed by atoms with Crippen LogP contribution in [0.1, 0.15) is 51.9 Å².